The normalized spacial score (nSPS) is 13.1. The summed E-state index contributed by atoms with van der Waals surface area (Å²) in [6.07, 6.45) is 6.40. The van der Waals surface area contributed by atoms with Crippen LogP contribution < -0.4 is 10.2 Å². The van der Waals surface area contributed by atoms with Crippen LogP contribution in [0.1, 0.15) is 27.2 Å². The standard InChI is InChI=1S/C21H21N5OS/c1-14-4-3-5-17(10-14)24-20(27)15-6-8-22-19(11-15)26-9-7-18-16(13-26)12-23-21(25-18)28-2/h3-6,8,10-12H,7,9,13H2,1-2H3,(H,24,27). The maximum Gasteiger partial charge on any atom is 0.255 e. The average molecular weight is 392 g/mol. The van der Waals surface area contributed by atoms with Gasteiger partial charge >= 0.3 is 0 Å². The lowest BCUT2D eigenvalue weighted by atomic mass is 10.1. The lowest BCUT2D eigenvalue weighted by Gasteiger charge is -2.29. The predicted octanol–water partition coefficient (Wildman–Crippen LogP) is 3.72. The highest BCUT2D eigenvalue weighted by molar-refractivity contribution is 7.98. The van der Waals surface area contributed by atoms with E-state index in [0.717, 1.165) is 46.4 Å². The van der Waals surface area contributed by atoms with Crippen molar-refractivity contribution in [3.63, 3.8) is 0 Å². The fourth-order valence-electron chi connectivity index (χ4n) is 3.25. The zero-order chi connectivity index (χ0) is 19.5. The third kappa shape index (κ3) is 3.99. The van der Waals surface area contributed by atoms with Crippen LogP contribution in [0.25, 0.3) is 0 Å². The van der Waals surface area contributed by atoms with E-state index in [-0.39, 0.29) is 5.91 Å². The van der Waals surface area contributed by atoms with Crippen molar-refractivity contribution in [1.29, 1.82) is 0 Å². The van der Waals surface area contributed by atoms with E-state index in [2.05, 4.69) is 25.2 Å². The monoisotopic (exact) mass is 391 g/mol. The zero-order valence-electron chi connectivity index (χ0n) is 15.8. The van der Waals surface area contributed by atoms with Gasteiger partial charge in [-0.3, -0.25) is 4.79 Å². The maximum atomic E-state index is 12.6. The number of aromatic nitrogens is 3. The number of rotatable bonds is 4. The van der Waals surface area contributed by atoms with Crippen LogP contribution in [0.15, 0.2) is 53.9 Å². The average Bonchev–Trinajstić information content (AvgIpc) is 2.73. The largest absolute Gasteiger partial charge is 0.352 e. The van der Waals surface area contributed by atoms with E-state index in [0.29, 0.717) is 12.1 Å². The molecule has 1 aromatic carbocycles. The number of fused-ring (bicyclic) bond motifs is 1. The molecule has 2 aromatic heterocycles. The molecule has 1 aliphatic rings. The van der Waals surface area contributed by atoms with Crippen LogP contribution in [0.4, 0.5) is 11.5 Å². The minimum absolute atomic E-state index is 0.139. The first-order valence-electron chi connectivity index (χ1n) is 9.10. The summed E-state index contributed by atoms with van der Waals surface area (Å²) >= 11 is 1.55. The number of benzene rings is 1. The fraction of sp³-hybridized carbons (Fsp3) is 0.238. The summed E-state index contributed by atoms with van der Waals surface area (Å²) in [4.78, 5) is 28.3. The van der Waals surface area contributed by atoms with Crippen molar-refractivity contribution in [2.24, 2.45) is 0 Å². The van der Waals surface area contributed by atoms with Crippen molar-refractivity contribution >= 4 is 29.2 Å². The molecular formula is C21H21N5OS. The Balaban J connectivity index is 1.51. The number of carbonyl (C=O) groups excluding carboxylic acids is 1. The van der Waals surface area contributed by atoms with Gasteiger partial charge in [0.15, 0.2) is 5.16 Å². The fourth-order valence-corrected chi connectivity index (χ4v) is 3.61. The number of amides is 1. The van der Waals surface area contributed by atoms with Crippen molar-refractivity contribution in [1.82, 2.24) is 15.0 Å². The summed E-state index contributed by atoms with van der Waals surface area (Å²) in [7, 11) is 0. The zero-order valence-corrected chi connectivity index (χ0v) is 16.7. The van der Waals surface area contributed by atoms with Crippen LogP contribution in [-0.2, 0) is 13.0 Å². The molecule has 6 nitrogen and oxygen atoms in total. The Morgan fingerprint density at radius 2 is 2.11 bits per heavy atom. The van der Waals surface area contributed by atoms with E-state index in [1.807, 2.05) is 49.7 Å². The number of nitrogens with one attached hydrogen (secondary N) is 1. The van der Waals surface area contributed by atoms with Crippen LogP contribution in [0, 0.1) is 6.92 Å². The Kier molecular flexibility index (Phi) is 5.25. The van der Waals surface area contributed by atoms with Gasteiger partial charge in [-0.1, -0.05) is 23.9 Å². The molecule has 3 aromatic rings. The van der Waals surface area contributed by atoms with Crippen LogP contribution in [-0.4, -0.2) is 33.7 Å². The second-order valence-corrected chi connectivity index (χ2v) is 7.50. The Labute approximate surface area is 168 Å². The first-order valence-corrected chi connectivity index (χ1v) is 10.3. The molecule has 0 spiro atoms. The maximum absolute atomic E-state index is 12.6. The smallest absolute Gasteiger partial charge is 0.255 e. The van der Waals surface area contributed by atoms with Gasteiger partial charge in [-0.05, 0) is 43.0 Å². The van der Waals surface area contributed by atoms with Gasteiger partial charge in [-0.15, -0.1) is 0 Å². The van der Waals surface area contributed by atoms with E-state index in [1.165, 1.54) is 0 Å². The highest BCUT2D eigenvalue weighted by atomic mass is 32.2. The van der Waals surface area contributed by atoms with Crippen molar-refractivity contribution in [3.05, 3.63) is 71.2 Å². The summed E-state index contributed by atoms with van der Waals surface area (Å²) in [6.45, 7) is 3.51. The molecule has 0 unspecified atom stereocenters. The molecule has 1 amide bonds. The minimum Gasteiger partial charge on any atom is -0.352 e. The second-order valence-electron chi connectivity index (χ2n) is 6.73. The summed E-state index contributed by atoms with van der Waals surface area (Å²) in [5.74, 6) is 0.649. The van der Waals surface area contributed by atoms with Gasteiger partial charge in [0.05, 0.1) is 5.69 Å². The van der Waals surface area contributed by atoms with Crippen LogP contribution >= 0.6 is 11.8 Å². The lowest BCUT2D eigenvalue weighted by molar-refractivity contribution is 0.102. The van der Waals surface area contributed by atoms with E-state index < -0.39 is 0 Å². The molecule has 0 saturated heterocycles. The van der Waals surface area contributed by atoms with Gasteiger partial charge in [0, 0.05) is 48.7 Å². The molecule has 0 saturated carbocycles. The molecule has 7 heteroatoms. The minimum atomic E-state index is -0.139. The Bertz CT molecular complexity index is 1020. The molecule has 28 heavy (non-hydrogen) atoms. The summed E-state index contributed by atoms with van der Waals surface area (Å²) < 4.78 is 0. The molecule has 1 N–H and O–H groups in total. The molecule has 0 atom stereocenters. The molecule has 1 aliphatic heterocycles. The van der Waals surface area contributed by atoms with Crippen molar-refractivity contribution in [3.8, 4) is 0 Å². The van der Waals surface area contributed by atoms with Crippen LogP contribution in [0.5, 0.6) is 0 Å². The first-order chi connectivity index (χ1) is 13.6. The van der Waals surface area contributed by atoms with E-state index in [9.17, 15) is 4.79 Å². The lowest BCUT2D eigenvalue weighted by Crippen LogP contribution is -2.32. The third-order valence-electron chi connectivity index (χ3n) is 4.70. The van der Waals surface area contributed by atoms with Gasteiger partial charge in [-0.2, -0.15) is 0 Å². The number of thioether (sulfide) groups is 1. The molecule has 3 heterocycles. The van der Waals surface area contributed by atoms with Crippen molar-refractivity contribution in [2.45, 2.75) is 25.0 Å². The van der Waals surface area contributed by atoms with E-state index >= 15 is 0 Å². The van der Waals surface area contributed by atoms with Crippen LogP contribution in [0.3, 0.4) is 0 Å². The number of pyridine rings is 1. The Morgan fingerprint density at radius 3 is 2.93 bits per heavy atom. The predicted molar refractivity (Wildman–Crippen MR) is 112 cm³/mol. The molecule has 0 fully saturated rings. The molecular weight excluding hydrogens is 370 g/mol. The van der Waals surface area contributed by atoms with Gasteiger partial charge in [0.2, 0.25) is 0 Å². The molecule has 0 radical (unpaired) electrons. The number of anilines is 2. The molecule has 0 aliphatic carbocycles. The van der Waals surface area contributed by atoms with Gasteiger partial charge in [0.1, 0.15) is 5.82 Å². The van der Waals surface area contributed by atoms with Gasteiger partial charge in [-0.25, -0.2) is 15.0 Å². The summed E-state index contributed by atoms with van der Waals surface area (Å²) in [5.41, 5.74) is 4.69. The summed E-state index contributed by atoms with van der Waals surface area (Å²) in [5, 5.41) is 3.76. The Morgan fingerprint density at radius 1 is 1.21 bits per heavy atom. The molecule has 142 valence electrons. The number of hydrogen-bond acceptors (Lipinski definition) is 6. The topological polar surface area (TPSA) is 71.0 Å². The highest BCUT2D eigenvalue weighted by Gasteiger charge is 2.20. The van der Waals surface area contributed by atoms with E-state index in [4.69, 9.17) is 0 Å². The number of carbonyl (C=O) groups is 1. The second kappa shape index (κ2) is 7.98. The van der Waals surface area contributed by atoms with Crippen molar-refractivity contribution in [2.75, 3.05) is 23.0 Å². The highest BCUT2D eigenvalue weighted by Crippen LogP contribution is 2.24. The van der Waals surface area contributed by atoms with Crippen molar-refractivity contribution < 1.29 is 4.79 Å². The van der Waals surface area contributed by atoms with Gasteiger partial charge in [0.25, 0.3) is 5.91 Å². The third-order valence-corrected chi connectivity index (χ3v) is 5.26. The molecule has 4 rings (SSSR count). The SMILES string of the molecule is CSc1ncc2c(n1)CCN(c1cc(C(=O)Nc3cccc(C)c3)ccn1)C2. The molecule has 0 bridgehead atoms. The number of hydrogen-bond donors (Lipinski definition) is 1. The van der Waals surface area contributed by atoms with E-state index in [1.54, 1.807) is 24.0 Å². The Hall–Kier alpha value is -2.93. The number of aryl methyl sites for hydroxylation is 1. The quantitative estimate of drug-likeness (QED) is 0.540. The first kappa shape index (κ1) is 18.4. The van der Waals surface area contributed by atoms with Gasteiger partial charge < -0.3 is 10.2 Å². The van der Waals surface area contributed by atoms with Crippen LogP contribution in [0.2, 0.25) is 0 Å². The number of nitrogens with zero attached hydrogens (tertiary/aromatic N) is 4. The summed E-state index contributed by atoms with van der Waals surface area (Å²) in [6, 6.07) is 11.3.